The molecule has 1 aliphatic heterocycles. The number of hydrogen-bond acceptors (Lipinski definition) is 6. The maximum atomic E-state index is 12.7. The predicted octanol–water partition coefficient (Wildman–Crippen LogP) is 2.26. The summed E-state index contributed by atoms with van der Waals surface area (Å²) in [5.74, 6) is 0.403. The van der Waals surface area contributed by atoms with E-state index in [4.69, 9.17) is 4.98 Å². The second-order valence-corrected chi connectivity index (χ2v) is 9.41. The third-order valence-electron chi connectivity index (χ3n) is 5.87. The van der Waals surface area contributed by atoms with Gasteiger partial charge < -0.3 is 15.1 Å². The smallest absolute Gasteiger partial charge is 0.225 e. The number of carbonyl (C=O) groups excluding carboxylic acids is 2. The van der Waals surface area contributed by atoms with Crippen LogP contribution in [0.4, 0.5) is 5.13 Å². The van der Waals surface area contributed by atoms with Crippen LogP contribution in [-0.4, -0.2) is 52.9 Å². The molecule has 1 atom stereocenters. The van der Waals surface area contributed by atoms with Gasteiger partial charge in [0.2, 0.25) is 11.8 Å². The summed E-state index contributed by atoms with van der Waals surface area (Å²) in [6.45, 7) is 7.59. The number of aryl methyl sites for hydroxylation is 1. The number of piperazine rings is 1. The Hall–Kier alpha value is -2.48. The highest BCUT2D eigenvalue weighted by Crippen LogP contribution is 2.34. The summed E-state index contributed by atoms with van der Waals surface area (Å²) in [6.07, 6.45) is 5.94. The van der Waals surface area contributed by atoms with Gasteiger partial charge in [-0.25, -0.2) is 4.98 Å². The van der Waals surface area contributed by atoms with Crippen molar-refractivity contribution in [1.82, 2.24) is 20.2 Å². The minimum Gasteiger partial charge on any atom is -0.352 e. The highest BCUT2D eigenvalue weighted by atomic mass is 32.1. The number of rotatable bonds is 5. The maximum Gasteiger partial charge on any atom is 0.225 e. The van der Waals surface area contributed by atoms with E-state index in [0.29, 0.717) is 6.54 Å². The predicted molar refractivity (Wildman–Crippen MR) is 117 cm³/mol. The Labute approximate surface area is 181 Å². The van der Waals surface area contributed by atoms with Crippen LogP contribution in [0.5, 0.6) is 0 Å². The molecule has 4 rings (SSSR count). The number of anilines is 1. The van der Waals surface area contributed by atoms with E-state index in [1.54, 1.807) is 23.7 Å². The number of carbonyl (C=O) groups is 2. The Bertz CT molecular complexity index is 890. The first-order valence-electron chi connectivity index (χ1n) is 10.7. The van der Waals surface area contributed by atoms with Crippen LogP contribution in [0.1, 0.15) is 36.4 Å². The number of nitrogens with zero attached hydrogens (tertiary/aromatic N) is 4. The standard InChI is InChI=1S/C22H29N5O2S/c1-15(2)21(29)26-9-11-27(12-10-26)22-25-18-4-3-17(13-19(18)30-22)20(28)24-14-16-5-7-23-8-6-16/h5-8,15,17H,3-4,9-14H2,1-2H3,(H,24,28)/t17-/m0/s1. The molecule has 1 fully saturated rings. The van der Waals surface area contributed by atoms with Crippen molar-refractivity contribution in [3.05, 3.63) is 40.7 Å². The molecular weight excluding hydrogens is 398 g/mol. The van der Waals surface area contributed by atoms with Crippen LogP contribution in [0.2, 0.25) is 0 Å². The molecule has 3 heterocycles. The molecule has 1 aliphatic carbocycles. The second kappa shape index (κ2) is 9.12. The highest BCUT2D eigenvalue weighted by Gasteiger charge is 2.30. The first-order valence-corrected chi connectivity index (χ1v) is 11.5. The Morgan fingerprint density at radius 2 is 1.93 bits per heavy atom. The molecule has 0 bridgehead atoms. The van der Waals surface area contributed by atoms with Gasteiger partial charge in [-0.15, -0.1) is 11.3 Å². The molecule has 0 radical (unpaired) electrons. The third kappa shape index (κ3) is 4.64. The van der Waals surface area contributed by atoms with Crippen LogP contribution in [0.15, 0.2) is 24.5 Å². The van der Waals surface area contributed by atoms with Crippen LogP contribution in [0, 0.1) is 11.8 Å². The highest BCUT2D eigenvalue weighted by molar-refractivity contribution is 7.15. The van der Waals surface area contributed by atoms with Gasteiger partial charge in [0.1, 0.15) is 0 Å². The maximum absolute atomic E-state index is 12.7. The number of hydrogen-bond donors (Lipinski definition) is 1. The molecule has 0 spiro atoms. The largest absolute Gasteiger partial charge is 0.352 e. The molecule has 0 aromatic carbocycles. The molecular formula is C22H29N5O2S. The normalized spacial score (nSPS) is 19.0. The molecule has 0 saturated carbocycles. The lowest BCUT2D eigenvalue weighted by Crippen LogP contribution is -2.49. The van der Waals surface area contributed by atoms with Crippen LogP contribution in [0.3, 0.4) is 0 Å². The van der Waals surface area contributed by atoms with E-state index in [1.807, 2.05) is 30.9 Å². The summed E-state index contributed by atoms with van der Waals surface area (Å²) in [6, 6.07) is 3.84. The molecule has 2 amide bonds. The van der Waals surface area contributed by atoms with E-state index in [0.717, 1.165) is 61.8 Å². The van der Waals surface area contributed by atoms with Gasteiger partial charge in [0.05, 0.1) is 5.69 Å². The molecule has 1 N–H and O–H groups in total. The minimum atomic E-state index is 0.00754. The molecule has 30 heavy (non-hydrogen) atoms. The second-order valence-electron chi connectivity index (χ2n) is 8.35. The van der Waals surface area contributed by atoms with Crippen molar-refractivity contribution in [1.29, 1.82) is 0 Å². The molecule has 1 saturated heterocycles. The van der Waals surface area contributed by atoms with Crippen molar-refractivity contribution in [3.8, 4) is 0 Å². The minimum absolute atomic E-state index is 0.00754. The number of nitrogens with one attached hydrogen (secondary N) is 1. The number of amides is 2. The number of thiazole rings is 1. The average molecular weight is 428 g/mol. The molecule has 160 valence electrons. The fourth-order valence-electron chi connectivity index (χ4n) is 4.04. The summed E-state index contributed by atoms with van der Waals surface area (Å²) in [5.41, 5.74) is 2.21. The van der Waals surface area contributed by atoms with Crippen molar-refractivity contribution in [2.45, 2.75) is 39.7 Å². The summed E-state index contributed by atoms with van der Waals surface area (Å²) >= 11 is 1.72. The summed E-state index contributed by atoms with van der Waals surface area (Å²) in [7, 11) is 0. The van der Waals surface area contributed by atoms with Crippen LogP contribution in [-0.2, 0) is 29.0 Å². The Balaban J connectivity index is 1.32. The molecule has 2 aromatic heterocycles. The van der Waals surface area contributed by atoms with Gasteiger partial charge in [-0.2, -0.15) is 0 Å². The van der Waals surface area contributed by atoms with E-state index >= 15 is 0 Å². The lowest BCUT2D eigenvalue weighted by molar-refractivity contribution is -0.134. The summed E-state index contributed by atoms with van der Waals surface area (Å²) in [5, 5.41) is 4.10. The average Bonchev–Trinajstić information content (AvgIpc) is 3.21. The topological polar surface area (TPSA) is 78.4 Å². The van der Waals surface area contributed by atoms with Gasteiger partial charge in [0.15, 0.2) is 5.13 Å². The van der Waals surface area contributed by atoms with Gasteiger partial charge in [-0.1, -0.05) is 13.8 Å². The van der Waals surface area contributed by atoms with E-state index in [-0.39, 0.29) is 23.7 Å². The lowest BCUT2D eigenvalue weighted by Gasteiger charge is -2.35. The van der Waals surface area contributed by atoms with E-state index in [9.17, 15) is 9.59 Å². The monoisotopic (exact) mass is 427 g/mol. The Kier molecular flexibility index (Phi) is 6.32. The van der Waals surface area contributed by atoms with Crippen LogP contribution >= 0.6 is 11.3 Å². The summed E-state index contributed by atoms with van der Waals surface area (Å²) < 4.78 is 0. The van der Waals surface area contributed by atoms with E-state index in [1.165, 1.54) is 4.88 Å². The van der Waals surface area contributed by atoms with Gasteiger partial charge in [-0.3, -0.25) is 14.6 Å². The van der Waals surface area contributed by atoms with Crippen LogP contribution < -0.4 is 10.2 Å². The zero-order valence-electron chi connectivity index (χ0n) is 17.6. The molecule has 8 heteroatoms. The molecule has 2 aromatic rings. The van der Waals surface area contributed by atoms with Crippen molar-refractivity contribution < 1.29 is 9.59 Å². The number of aromatic nitrogens is 2. The molecule has 7 nitrogen and oxygen atoms in total. The van der Waals surface area contributed by atoms with Crippen molar-refractivity contribution in [2.24, 2.45) is 11.8 Å². The fraction of sp³-hybridized carbons (Fsp3) is 0.545. The van der Waals surface area contributed by atoms with E-state index in [2.05, 4.69) is 15.2 Å². The zero-order chi connectivity index (χ0) is 21.1. The van der Waals surface area contributed by atoms with E-state index < -0.39 is 0 Å². The van der Waals surface area contributed by atoms with Gasteiger partial charge in [-0.05, 0) is 37.0 Å². The lowest BCUT2D eigenvalue weighted by atomic mass is 9.90. The fourth-order valence-corrected chi connectivity index (χ4v) is 5.28. The van der Waals surface area contributed by atoms with Gasteiger partial charge in [0, 0.05) is 61.8 Å². The van der Waals surface area contributed by atoms with Crippen molar-refractivity contribution in [2.75, 3.05) is 31.1 Å². The zero-order valence-corrected chi connectivity index (χ0v) is 18.5. The SMILES string of the molecule is CC(C)C(=O)N1CCN(c2nc3c(s2)C[C@@H](C(=O)NCc2ccncc2)CC3)CC1. The number of pyridine rings is 1. The van der Waals surface area contributed by atoms with Crippen molar-refractivity contribution >= 4 is 28.3 Å². The van der Waals surface area contributed by atoms with Crippen LogP contribution in [0.25, 0.3) is 0 Å². The Morgan fingerprint density at radius 1 is 1.20 bits per heavy atom. The first kappa shape index (κ1) is 20.8. The third-order valence-corrected chi connectivity index (χ3v) is 7.05. The number of fused-ring (bicyclic) bond motifs is 1. The Morgan fingerprint density at radius 3 is 2.63 bits per heavy atom. The molecule has 2 aliphatic rings. The summed E-state index contributed by atoms with van der Waals surface area (Å²) in [4.78, 5) is 39.2. The van der Waals surface area contributed by atoms with Gasteiger partial charge >= 0.3 is 0 Å². The van der Waals surface area contributed by atoms with Crippen molar-refractivity contribution in [3.63, 3.8) is 0 Å². The molecule has 0 unspecified atom stereocenters. The van der Waals surface area contributed by atoms with Gasteiger partial charge in [0.25, 0.3) is 0 Å². The first-order chi connectivity index (χ1) is 14.5. The quantitative estimate of drug-likeness (QED) is 0.792.